The smallest absolute Gasteiger partial charge is 0.258 e. The van der Waals surface area contributed by atoms with E-state index in [-0.39, 0.29) is 19.1 Å². The first kappa shape index (κ1) is 18.7. The first-order chi connectivity index (χ1) is 13.0. The number of nitrogens with zero attached hydrogens (tertiary/aromatic N) is 2. The van der Waals surface area contributed by atoms with Gasteiger partial charge in [0.1, 0.15) is 11.5 Å². The monoisotopic (exact) mass is 387 g/mol. The molecule has 0 aliphatic heterocycles. The lowest BCUT2D eigenvalue weighted by Gasteiger charge is -2.07. The number of aromatic nitrogens is 2. The van der Waals surface area contributed by atoms with Gasteiger partial charge in [-0.2, -0.15) is 4.98 Å². The molecular formula is C19H18ClN3O4. The summed E-state index contributed by atoms with van der Waals surface area (Å²) in [5.41, 5.74) is 1.64. The van der Waals surface area contributed by atoms with Crippen molar-refractivity contribution in [3.05, 3.63) is 58.9 Å². The number of rotatable bonds is 7. The van der Waals surface area contributed by atoms with Crippen LogP contribution in [0.3, 0.4) is 0 Å². The molecule has 1 N–H and O–H groups in total. The molecule has 0 aliphatic carbocycles. The lowest BCUT2D eigenvalue weighted by Crippen LogP contribution is -2.28. The first-order valence-corrected chi connectivity index (χ1v) is 8.55. The van der Waals surface area contributed by atoms with Gasteiger partial charge in [-0.25, -0.2) is 0 Å². The topological polar surface area (TPSA) is 86.5 Å². The second-order valence-corrected chi connectivity index (χ2v) is 6.13. The largest absolute Gasteiger partial charge is 0.497 e. The third-order valence-electron chi connectivity index (χ3n) is 3.73. The van der Waals surface area contributed by atoms with E-state index >= 15 is 0 Å². The van der Waals surface area contributed by atoms with Crippen LogP contribution in [0.15, 0.2) is 47.0 Å². The van der Waals surface area contributed by atoms with Crippen LogP contribution in [0.2, 0.25) is 5.02 Å². The highest BCUT2D eigenvalue weighted by atomic mass is 35.5. The Morgan fingerprint density at radius 1 is 1.22 bits per heavy atom. The number of carbonyl (C=O) groups is 1. The predicted octanol–water partition coefficient (Wildman–Crippen LogP) is 3.40. The second-order valence-electron chi connectivity index (χ2n) is 5.72. The van der Waals surface area contributed by atoms with Crippen molar-refractivity contribution in [1.82, 2.24) is 15.5 Å². The minimum Gasteiger partial charge on any atom is -0.497 e. The standard InChI is InChI=1S/C19H18ClN3O4/c1-12-8-15(6-7-16(12)20)26-11-17(24)21-10-18-22-19(23-27-18)13-4-3-5-14(9-13)25-2/h3-9H,10-11H2,1-2H3,(H,21,24). The fourth-order valence-electron chi connectivity index (χ4n) is 2.29. The molecule has 0 aliphatic rings. The summed E-state index contributed by atoms with van der Waals surface area (Å²) in [4.78, 5) is 16.2. The molecule has 7 nitrogen and oxygen atoms in total. The first-order valence-electron chi connectivity index (χ1n) is 8.18. The highest BCUT2D eigenvalue weighted by molar-refractivity contribution is 6.31. The average molecular weight is 388 g/mol. The molecule has 8 heteroatoms. The van der Waals surface area contributed by atoms with Crippen LogP contribution in [0.25, 0.3) is 11.4 Å². The van der Waals surface area contributed by atoms with Crippen LogP contribution < -0.4 is 14.8 Å². The predicted molar refractivity (Wildman–Crippen MR) is 99.8 cm³/mol. The molecule has 0 saturated heterocycles. The molecule has 0 atom stereocenters. The summed E-state index contributed by atoms with van der Waals surface area (Å²) in [6, 6.07) is 12.5. The number of methoxy groups -OCH3 is 1. The molecule has 3 rings (SSSR count). The average Bonchev–Trinajstić information content (AvgIpc) is 3.16. The van der Waals surface area contributed by atoms with Gasteiger partial charge in [0.2, 0.25) is 11.7 Å². The van der Waals surface area contributed by atoms with Crippen LogP contribution in [0, 0.1) is 6.92 Å². The highest BCUT2D eigenvalue weighted by Crippen LogP contribution is 2.22. The Morgan fingerprint density at radius 3 is 2.85 bits per heavy atom. The quantitative estimate of drug-likeness (QED) is 0.668. The lowest BCUT2D eigenvalue weighted by molar-refractivity contribution is -0.123. The molecule has 27 heavy (non-hydrogen) atoms. The van der Waals surface area contributed by atoms with Crippen molar-refractivity contribution in [3.63, 3.8) is 0 Å². The number of amides is 1. The van der Waals surface area contributed by atoms with Gasteiger partial charge in [0, 0.05) is 10.6 Å². The lowest BCUT2D eigenvalue weighted by atomic mass is 10.2. The Kier molecular flexibility index (Phi) is 5.93. The molecule has 0 bridgehead atoms. The van der Waals surface area contributed by atoms with Crippen molar-refractivity contribution in [1.29, 1.82) is 0 Å². The van der Waals surface area contributed by atoms with Gasteiger partial charge in [-0.3, -0.25) is 4.79 Å². The number of hydrogen-bond donors (Lipinski definition) is 1. The fourth-order valence-corrected chi connectivity index (χ4v) is 2.40. The highest BCUT2D eigenvalue weighted by Gasteiger charge is 2.11. The summed E-state index contributed by atoms with van der Waals surface area (Å²) in [6.07, 6.45) is 0. The summed E-state index contributed by atoms with van der Waals surface area (Å²) in [5.74, 6) is 1.69. The molecule has 3 aromatic rings. The zero-order valence-corrected chi connectivity index (χ0v) is 15.6. The fraction of sp³-hybridized carbons (Fsp3) is 0.211. The van der Waals surface area contributed by atoms with Gasteiger partial charge < -0.3 is 19.3 Å². The van der Waals surface area contributed by atoms with E-state index in [4.69, 9.17) is 25.6 Å². The van der Waals surface area contributed by atoms with E-state index in [0.717, 1.165) is 11.1 Å². The Labute approximate surface area is 161 Å². The Balaban J connectivity index is 1.51. The Morgan fingerprint density at radius 2 is 2.07 bits per heavy atom. The zero-order chi connectivity index (χ0) is 19.2. The molecule has 0 unspecified atom stereocenters. The van der Waals surface area contributed by atoms with Gasteiger partial charge in [0.15, 0.2) is 6.61 Å². The van der Waals surface area contributed by atoms with E-state index in [9.17, 15) is 4.79 Å². The van der Waals surface area contributed by atoms with E-state index in [0.29, 0.717) is 28.2 Å². The summed E-state index contributed by atoms with van der Waals surface area (Å²) in [7, 11) is 1.59. The Bertz CT molecular complexity index is 942. The summed E-state index contributed by atoms with van der Waals surface area (Å²) >= 11 is 5.96. The number of benzene rings is 2. The van der Waals surface area contributed by atoms with Gasteiger partial charge in [-0.15, -0.1) is 0 Å². The summed E-state index contributed by atoms with van der Waals surface area (Å²) < 4.78 is 15.8. The normalized spacial score (nSPS) is 10.5. The minimum atomic E-state index is -0.302. The van der Waals surface area contributed by atoms with Gasteiger partial charge in [-0.05, 0) is 42.8 Å². The Hall–Kier alpha value is -3.06. The van der Waals surface area contributed by atoms with Crippen LogP contribution in [0.4, 0.5) is 0 Å². The number of hydrogen-bond acceptors (Lipinski definition) is 6. The van der Waals surface area contributed by atoms with E-state index in [1.54, 1.807) is 31.4 Å². The SMILES string of the molecule is COc1cccc(-c2noc(CNC(=O)COc3ccc(Cl)c(C)c3)n2)c1. The number of halogens is 1. The molecule has 140 valence electrons. The molecule has 1 heterocycles. The van der Waals surface area contributed by atoms with Gasteiger partial charge in [-0.1, -0.05) is 28.9 Å². The van der Waals surface area contributed by atoms with Gasteiger partial charge >= 0.3 is 0 Å². The maximum atomic E-state index is 11.9. The van der Waals surface area contributed by atoms with Crippen molar-refractivity contribution in [3.8, 4) is 22.9 Å². The third-order valence-corrected chi connectivity index (χ3v) is 4.16. The van der Waals surface area contributed by atoms with E-state index in [2.05, 4.69) is 15.5 Å². The van der Waals surface area contributed by atoms with Crippen molar-refractivity contribution in [2.75, 3.05) is 13.7 Å². The molecule has 0 radical (unpaired) electrons. The molecule has 0 saturated carbocycles. The van der Waals surface area contributed by atoms with E-state index in [1.165, 1.54) is 0 Å². The van der Waals surface area contributed by atoms with Crippen molar-refractivity contribution < 1.29 is 18.8 Å². The van der Waals surface area contributed by atoms with Crippen molar-refractivity contribution >= 4 is 17.5 Å². The van der Waals surface area contributed by atoms with Gasteiger partial charge in [0.25, 0.3) is 5.91 Å². The maximum absolute atomic E-state index is 11.9. The van der Waals surface area contributed by atoms with Crippen LogP contribution in [0.1, 0.15) is 11.5 Å². The molecule has 0 fully saturated rings. The number of carbonyl (C=O) groups excluding carboxylic acids is 1. The zero-order valence-electron chi connectivity index (χ0n) is 14.9. The van der Waals surface area contributed by atoms with E-state index in [1.807, 2.05) is 25.1 Å². The summed E-state index contributed by atoms with van der Waals surface area (Å²) in [6.45, 7) is 1.85. The third kappa shape index (κ3) is 4.98. The van der Waals surface area contributed by atoms with Crippen LogP contribution in [0.5, 0.6) is 11.5 Å². The molecule has 1 aromatic heterocycles. The van der Waals surface area contributed by atoms with Crippen LogP contribution >= 0.6 is 11.6 Å². The van der Waals surface area contributed by atoms with Crippen molar-refractivity contribution in [2.45, 2.75) is 13.5 Å². The number of aryl methyl sites for hydroxylation is 1. The molecule has 1 amide bonds. The van der Waals surface area contributed by atoms with E-state index < -0.39 is 0 Å². The number of ether oxygens (including phenoxy) is 2. The minimum absolute atomic E-state index is 0.110. The second kappa shape index (κ2) is 8.55. The molecular weight excluding hydrogens is 370 g/mol. The maximum Gasteiger partial charge on any atom is 0.258 e. The van der Waals surface area contributed by atoms with Crippen LogP contribution in [-0.4, -0.2) is 29.8 Å². The van der Waals surface area contributed by atoms with Crippen molar-refractivity contribution in [2.24, 2.45) is 0 Å². The number of nitrogens with one attached hydrogen (secondary N) is 1. The van der Waals surface area contributed by atoms with Crippen LogP contribution in [-0.2, 0) is 11.3 Å². The molecule has 0 spiro atoms. The molecule has 2 aromatic carbocycles. The van der Waals surface area contributed by atoms with Gasteiger partial charge in [0.05, 0.1) is 13.7 Å². The summed E-state index contributed by atoms with van der Waals surface area (Å²) in [5, 5.41) is 7.23.